The summed E-state index contributed by atoms with van der Waals surface area (Å²) < 4.78 is 16.2. The molecule has 12 heteroatoms. The number of fused-ring (bicyclic) bond motifs is 1. The first-order valence-corrected chi connectivity index (χ1v) is 13.9. The van der Waals surface area contributed by atoms with Gasteiger partial charge < -0.3 is 10.2 Å². The molecule has 0 spiro atoms. The predicted octanol–water partition coefficient (Wildman–Crippen LogP) is 5.26. The molecule has 5 aromatic rings. The number of rotatable bonds is 6. The zero-order valence-corrected chi connectivity index (χ0v) is 22.5. The van der Waals surface area contributed by atoms with Crippen molar-refractivity contribution in [3.05, 3.63) is 107 Å². The smallest absolute Gasteiger partial charge is 0.301 e. The van der Waals surface area contributed by atoms with Crippen LogP contribution in [0.1, 0.15) is 28.6 Å². The van der Waals surface area contributed by atoms with E-state index in [9.17, 15) is 24.2 Å². The lowest BCUT2D eigenvalue weighted by molar-refractivity contribution is -0.132. The van der Waals surface area contributed by atoms with Crippen molar-refractivity contribution < 1.29 is 24.2 Å². The number of carbonyl (C=O) groups excluding carboxylic acids is 2. The highest BCUT2D eigenvalue weighted by Gasteiger charge is 2.48. The number of Topliss-reactive ketones (excluding diaryl/α,β-unsaturated/α-hetero) is 1. The number of phenols is 1. The molecule has 3 aromatic heterocycles. The minimum Gasteiger partial charge on any atom is -0.508 e. The van der Waals surface area contributed by atoms with Crippen molar-refractivity contribution in [1.82, 2.24) is 19.6 Å². The van der Waals surface area contributed by atoms with Gasteiger partial charge in [-0.25, -0.2) is 9.37 Å². The van der Waals surface area contributed by atoms with E-state index < -0.39 is 17.7 Å². The second kappa shape index (κ2) is 10.2. The van der Waals surface area contributed by atoms with Crippen molar-refractivity contribution in [2.75, 3.05) is 4.90 Å². The second-order valence-corrected chi connectivity index (χ2v) is 11.1. The van der Waals surface area contributed by atoms with Gasteiger partial charge in [0, 0.05) is 11.9 Å². The minimum absolute atomic E-state index is 0.000996. The molecule has 1 aliphatic rings. The number of halogens is 1. The van der Waals surface area contributed by atoms with E-state index in [2.05, 4.69) is 15.2 Å². The Labute approximate surface area is 235 Å². The van der Waals surface area contributed by atoms with Gasteiger partial charge in [0.1, 0.15) is 22.9 Å². The molecule has 0 aliphatic carbocycles. The largest absolute Gasteiger partial charge is 0.508 e. The number of aliphatic hydroxyl groups excluding tert-OH is 1. The highest BCUT2D eigenvalue weighted by molar-refractivity contribution is 8.00. The number of benzene rings is 2. The summed E-state index contributed by atoms with van der Waals surface area (Å²) in [5.74, 6) is -2.19. The average molecular weight is 574 g/mol. The number of phenolic OH excluding ortho intramolecular Hbond substituents is 1. The lowest BCUT2D eigenvalue weighted by atomic mass is 9.96. The monoisotopic (exact) mass is 573 g/mol. The van der Waals surface area contributed by atoms with Gasteiger partial charge in [0.25, 0.3) is 5.78 Å². The van der Waals surface area contributed by atoms with Crippen LogP contribution in [0.25, 0.3) is 11.4 Å². The van der Waals surface area contributed by atoms with Crippen LogP contribution < -0.4 is 4.90 Å². The molecular weight excluding hydrogens is 553 g/mol. The van der Waals surface area contributed by atoms with Gasteiger partial charge in [-0.3, -0.25) is 18.9 Å². The quantitative estimate of drug-likeness (QED) is 0.0928. The number of hydrogen-bond donors (Lipinski definition) is 2. The van der Waals surface area contributed by atoms with Crippen LogP contribution in [0.15, 0.2) is 82.8 Å². The van der Waals surface area contributed by atoms with Crippen LogP contribution in [0.3, 0.4) is 0 Å². The molecule has 0 bridgehead atoms. The van der Waals surface area contributed by atoms with E-state index in [4.69, 9.17) is 0 Å². The number of imidazole rings is 1. The Morgan fingerprint density at radius 1 is 1.05 bits per heavy atom. The summed E-state index contributed by atoms with van der Waals surface area (Å²) in [5.41, 5.74) is 2.16. The number of aromatic hydroxyl groups is 1. The molecule has 0 saturated carbocycles. The Morgan fingerprint density at radius 3 is 2.58 bits per heavy atom. The molecule has 1 unspecified atom stereocenters. The van der Waals surface area contributed by atoms with Crippen LogP contribution in [0.4, 0.5) is 9.52 Å². The number of carbonyl (C=O) groups is 2. The summed E-state index contributed by atoms with van der Waals surface area (Å²) >= 11 is 2.33. The highest BCUT2D eigenvalue weighted by Crippen LogP contribution is 2.44. The standard InChI is InChI=1S/C28H20FN5O4S2/c1-15-22(33-13-5-4-8-20(33)30-15)24(36)21-23(16-9-11-18(35)12-10-16)34(26(38)25(21)37)27-31-32-28(40-27)39-14-17-6-2-3-7-19(17)29/h2-13,23,35-36H,14H2,1H3/b24-21+. The normalized spacial score (nSPS) is 16.8. The number of nitrogens with zero attached hydrogens (tertiary/aromatic N) is 5. The van der Waals surface area contributed by atoms with E-state index in [0.717, 1.165) is 11.3 Å². The van der Waals surface area contributed by atoms with Crippen LogP contribution in [0.5, 0.6) is 5.75 Å². The molecule has 2 aromatic carbocycles. The number of anilines is 1. The molecule has 200 valence electrons. The molecule has 1 fully saturated rings. The van der Waals surface area contributed by atoms with Gasteiger partial charge in [-0.05, 0) is 48.4 Å². The number of aromatic nitrogens is 4. The van der Waals surface area contributed by atoms with E-state index in [1.165, 1.54) is 34.9 Å². The van der Waals surface area contributed by atoms with Crippen molar-refractivity contribution >= 4 is 51.3 Å². The van der Waals surface area contributed by atoms with Crippen molar-refractivity contribution in [2.45, 2.75) is 23.1 Å². The molecule has 0 radical (unpaired) electrons. The van der Waals surface area contributed by atoms with Crippen molar-refractivity contribution in [2.24, 2.45) is 0 Å². The number of pyridine rings is 1. The van der Waals surface area contributed by atoms with Gasteiger partial charge in [-0.15, -0.1) is 10.2 Å². The fraction of sp³-hybridized carbons (Fsp3) is 0.107. The van der Waals surface area contributed by atoms with Crippen molar-refractivity contribution in [3.8, 4) is 5.75 Å². The summed E-state index contributed by atoms with van der Waals surface area (Å²) in [5, 5.41) is 29.9. The SMILES string of the molecule is Cc1nc2ccccn2c1/C(O)=C1\C(=O)C(=O)N(c2nnc(SCc3ccccc3F)s2)C1c1ccc(O)cc1. The summed E-state index contributed by atoms with van der Waals surface area (Å²) in [6, 6.07) is 16.7. The Kier molecular flexibility index (Phi) is 6.56. The molecule has 40 heavy (non-hydrogen) atoms. The molecule has 6 rings (SSSR count). The van der Waals surface area contributed by atoms with Crippen LogP contribution in [-0.2, 0) is 15.3 Å². The van der Waals surface area contributed by atoms with Gasteiger partial charge in [-0.1, -0.05) is 59.5 Å². The third kappa shape index (κ3) is 4.40. The fourth-order valence-electron chi connectivity index (χ4n) is 4.64. The van der Waals surface area contributed by atoms with Gasteiger partial charge in [0.15, 0.2) is 10.1 Å². The second-order valence-electron chi connectivity index (χ2n) is 8.97. The molecule has 1 saturated heterocycles. The number of aryl methyl sites for hydroxylation is 1. The number of ketones is 1. The first kappa shape index (κ1) is 25.7. The summed E-state index contributed by atoms with van der Waals surface area (Å²) in [6.45, 7) is 1.71. The maximum Gasteiger partial charge on any atom is 0.301 e. The number of amides is 1. The molecule has 1 atom stereocenters. The molecule has 1 aliphatic heterocycles. The molecule has 9 nitrogen and oxygen atoms in total. The summed E-state index contributed by atoms with van der Waals surface area (Å²) in [7, 11) is 0. The van der Waals surface area contributed by atoms with E-state index in [1.54, 1.807) is 66.1 Å². The number of hydrogen-bond acceptors (Lipinski definition) is 9. The number of thioether (sulfide) groups is 1. The van der Waals surface area contributed by atoms with Crippen LogP contribution in [-0.4, -0.2) is 41.5 Å². The van der Waals surface area contributed by atoms with Crippen molar-refractivity contribution in [3.63, 3.8) is 0 Å². The third-order valence-corrected chi connectivity index (χ3v) is 8.60. The Balaban J connectivity index is 1.44. The topological polar surface area (TPSA) is 121 Å². The lowest BCUT2D eigenvalue weighted by Crippen LogP contribution is -2.29. The van der Waals surface area contributed by atoms with Crippen LogP contribution >= 0.6 is 23.1 Å². The fourth-order valence-corrected chi connectivity index (χ4v) is 6.50. The zero-order valence-electron chi connectivity index (χ0n) is 20.9. The maximum absolute atomic E-state index is 14.1. The number of aliphatic hydroxyl groups is 1. The van der Waals surface area contributed by atoms with Crippen LogP contribution in [0, 0.1) is 12.7 Å². The molecule has 2 N–H and O–H groups in total. The molecular formula is C28H20FN5O4S2. The Morgan fingerprint density at radius 2 is 1.80 bits per heavy atom. The van der Waals surface area contributed by atoms with Gasteiger partial charge >= 0.3 is 5.91 Å². The van der Waals surface area contributed by atoms with E-state index in [1.807, 2.05) is 0 Å². The van der Waals surface area contributed by atoms with Crippen molar-refractivity contribution in [1.29, 1.82) is 0 Å². The highest BCUT2D eigenvalue weighted by atomic mass is 32.2. The van der Waals surface area contributed by atoms with Gasteiger partial charge in [0.05, 0.1) is 17.3 Å². The lowest BCUT2D eigenvalue weighted by Gasteiger charge is -2.22. The van der Waals surface area contributed by atoms with Crippen LogP contribution in [0.2, 0.25) is 0 Å². The molecule has 4 heterocycles. The first-order chi connectivity index (χ1) is 19.3. The third-order valence-electron chi connectivity index (χ3n) is 6.49. The predicted molar refractivity (Wildman–Crippen MR) is 149 cm³/mol. The zero-order chi connectivity index (χ0) is 28.0. The van der Waals surface area contributed by atoms with E-state index in [0.29, 0.717) is 32.6 Å². The summed E-state index contributed by atoms with van der Waals surface area (Å²) in [4.78, 5) is 32.6. The van der Waals surface area contributed by atoms with Gasteiger partial charge in [-0.2, -0.15) is 0 Å². The Hall–Kier alpha value is -4.55. The Bertz CT molecular complexity index is 1820. The average Bonchev–Trinajstić information content (AvgIpc) is 3.62. The minimum atomic E-state index is -1.05. The molecule has 1 amide bonds. The summed E-state index contributed by atoms with van der Waals surface area (Å²) in [6.07, 6.45) is 1.71. The van der Waals surface area contributed by atoms with Gasteiger partial charge in [0.2, 0.25) is 5.13 Å². The first-order valence-electron chi connectivity index (χ1n) is 12.1. The maximum atomic E-state index is 14.1. The van der Waals surface area contributed by atoms with E-state index in [-0.39, 0.29) is 33.7 Å². The van der Waals surface area contributed by atoms with E-state index >= 15 is 0 Å².